The summed E-state index contributed by atoms with van der Waals surface area (Å²) < 4.78 is 18.7. The maximum atomic E-state index is 13.4. The van der Waals surface area contributed by atoms with Crippen molar-refractivity contribution in [3.8, 4) is 0 Å². The van der Waals surface area contributed by atoms with E-state index in [1.54, 1.807) is 12.1 Å². The summed E-state index contributed by atoms with van der Waals surface area (Å²) in [7, 11) is 0. The van der Waals surface area contributed by atoms with E-state index in [0.29, 0.717) is 17.3 Å². The van der Waals surface area contributed by atoms with E-state index in [4.69, 9.17) is 16.0 Å². The molecule has 0 radical (unpaired) electrons. The molecule has 0 unspecified atom stereocenters. The number of anilines is 1. The number of aryl methyl sites for hydroxylation is 1. The van der Waals surface area contributed by atoms with E-state index < -0.39 is 0 Å². The fraction of sp³-hybridized carbons (Fsp3) is 0.167. The molecule has 0 saturated heterocycles. The molecule has 0 spiro atoms. The highest BCUT2D eigenvalue weighted by Crippen LogP contribution is 2.25. The third-order valence-corrected chi connectivity index (χ3v) is 2.51. The van der Waals surface area contributed by atoms with Crippen LogP contribution in [0.1, 0.15) is 11.5 Å². The number of hydrogen-bond donors (Lipinski definition) is 1. The first-order valence-electron chi connectivity index (χ1n) is 4.90. The summed E-state index contributed by atoms with van der Waals surface area (Å²) in [5.41, 5.74) is 0.304. The predicted molar refractivity (Wildman–Crippen MR) is 62.2 cm³/mol. The molecule has 0 saturated carbocycles. The highest BCUT2D eigenvalue weighted by Gasteiger charge is 2.06. The molecule has 0 atom stereocenters. The number of furan rings is 1. The summed E-state index contributed by atoms with van der Waals surface area (Å²) in [4.78, 5) is 0. The Hall–Kier alpha value is -1.48. The van der Waals surface area contributed by atoms with E-state index in [1.807, 2.05) is 19.1 Å². The van der Waals surface area contributed by atoms with Gasteiger partial charge >= 0.3 is 0 Å². The number of benzene rings is 1. The fourth-order valence-electron chi connectivity index (χ4n) is 1.42. The minimum Gasteiger partial charge on any atom is -0.465 e. The van der Waals surface area contributed by atoms with Crippen molar-refractivity contribution in [2.45, 2.75) is 13.5 Å². The van der Waals surface area contributed by atoms with Gasteiger partial charge in [-0.05, 0) is 31.2 Å². The molecule has 1 heterocycles. The zero-order valence-electron chi connectivity index (χ0n) is 8.76. The Labute approximate surface area is 98.0 Å². The summed E-state index contributed by atoms with van der Waals surface area (Å²) in [6.07, 6.45) is 0. The summed E-state index contributed by atoms with van der Waals surface area (Å²) in [5, 5.41) is 3.27. The lowest BCUT2D eigenvalue weighted by molar-refractivity contribution is 0.490. The molecular weight excluding hydrogens is 229 g/mol. The summed E-state index contributed by atoms with van der Waals surface area (Å²) in [5.74, 6) is 1.21. The average Bonchev–Trinajstić information content (AvgIpc) is 2.63. The van der Waals surface area contributed by atoms with Gasteiger partial charge in [0.2, 0.25) is 0 Å². The fourth-order valence-corrected chi connectivity index (χ4v) is 1.65. The molecule has 0 aliphatic rings. The molecule has 0 aliphatic carbocycles. The molecule has 1 N–H and O–H groups in total. The van der Waals surface area contributed by atoms with Crippen LogP contribution in [-0.4, -0.2) is 0 Å². The smallest absolute Gasteiger partial charge is 0.147 e. The second-order valence-corrected chi connectivity index (χ2v) is 3.87. The predicted octanol–water partition coefficient (Wildman–Crippen LogP) is 3.99. The largest absolute Gasteiger partial charge is 0.465 e. The van der Waals surface area contributed by atoms with E-state index in [0.717, 1.165) is 11.5 Å². The van der Waals surface area contributed by atoms with E-state index in [-0.39, 0.29) is 5.82 Å². The van der Waals surface area contributed by atoms with Crippen molar-refractivity contribution >= 4 is 17.3 Å². The van der Waals surface area contributed by atoms with Gasteiger partial charge in [0.25, 0.3) is 0 Å². The van der Waals surface area contributed by atoms with Crippen LogP contribution in [0.15, 0.2) is 34.7 Å². The molecule has 84 valence electrons. The lowest BCUT2D eigenvalue weighted by Gasteiger charge is -2.07. The van der Waals surface area contributed by atoms with Crippen molar-refractivity contribution in [3.05, 3.63) is 52.7 Å². The SMILES string of the molecule is Cc1ccc(CNc2c(F)cccc2Cl)o1. The normalized spacial score (nSPS) is 10.4. The first-order chi connectivity index (χ1) is 7.66. The van der Waals surface area contributed by atoms with Crippen LogP contribution in [0, 0.1) is 12.7 Å². The Morgan fingerprint density at radius 3 is 2.75 bits per heavy atom. The lowest BCUT2D eigenvalue weighted by atomic mass is 10.3. The number of para-hydroxylation sites is 1. The van der Waals surface area contributed by atoms with Gasteiger partial charge < -0.3 is 9.73 Å². The van der Waals surface area contributed by atoms with Crippen LogP contribution < -0.4 is 5.32 Å². The second-order valence-electron chi connectivity index (χ2n) is 3.46. The Morgan fingerprint density at radius 1 is 1.31 bits per heavy atom. The highest BCUT2D eigenvalue weighted by atomic mass is 35.5. The van der Waals surface area contributed by atoms with Gasteiger partial charge in [-0.25, -0.2) is 4.39 Å². The van der Waals surface area contributed by atoms with Crippen LogP contribution in [0.4, 0.5) is 10.1 Å². The second kappa shape index (κ2) is 4.58. The van der Waals surface area contributed by atoms with Crippen molar-refractivity contribution in [2.75, 3.05) is 5.32 Å². The molecule has 0 bridgehead atoms. The van der Waals surface area contributed by atoms with Crippen molar-refractivity contribution in [1.29, 1.82) is 0 Å². The third kappa shape index (κ3) is 2.36. The Balaban J connectivity index is 2.10. The van der Waals surface area contributed by atoms with Gasteiger partial charge in [0, 0.05) is 0 Å². The van der Waals surface area contributed by atoms with Gasteiger partial charge in [-0.2, -0.15) is 0 Å². The highest BCUT2D eigenvalue weighted by molar-refractivity contribution is 6.33. The monoisotopic (exact) mass is 239 g/mol. The average molecular weight is 240 g/mol. The van der Waals surface area contributed by atoms with Crippen LogP contribution in [0.25, 0.3) is 0 Å². The molecule has 16 heavy (non-hydrogen) atoms. The topological polar surface area (TPSA) is 25.2 Å². The number of nitrogens with one attached hydrogen (secondary N) is 1. The van der Waals surface area contributed by atoms with Gasteiger partial charge in [-0.1, -0.05) is 17.7 Å². The van der Waals surface area contributed by atoms with E-state index in [9.17, 15) is 4.39 Å². The summed E-state index contributed by atoms with van der Waals surface area (Å²) >= 11 is 5.87. The molecule has 2 aromatic rings. The summed E-state index contributed by atoms with van der Waals surface area (Å²) in [6, 6.07) is 8.28. The Kier molecular flexibility index (Phi) is 3.15. The van der Waals surface area contributed by atoms with Gasteiger partial charge in [0.1, 0.15) is 17.3 Å². The van der Waals surface area contributed by atoms with Crippen molar-refractivity contribution in [3.63, 3.8) is 0 Å². The van der Waals surface area contributed by atoms with Crippen molar-refractivity contribution in [2.24, 2.45) is 0 Å². The standard InChI is InChI=1S/C12H11ClFNO/c1-8-5-6-9(16-8)7-15-12-10(13)3-2-4-11(12)14/h2-6,15H,7H2,1H3. The first-order valence-corrected chi connectivity index (χ1v) is 5.28. The number of rotatable bonds is 3. The quantitative estimate of drug-likeness (QED) is 0.876. The van der Waals surface area contributed by atoms with Gasteiger partial charge in [0.05, 0.1) is 17.3 Å². The van der Waals surface area contributed by atoms with Crippen LogP contribution in [0.2, 0.25) is 5.02 Å². The third-order valence-electron chi connectivity index (χ3n) is 2.20. The van der Waals surface area contributed by atoms with Gasteiger partial charge in [0.15, 0.2) is 0 Å². The van der Waals surface area contributed by atoms with E-state index >= 15 is 0 Å². The van der Waals surface area contributed by atoms with E-state index in [1.165, 1.54) is 6.07 Å². The first kappa shape index (κ1) is 11.0. The van der Waals surface area contributed by atoms with Crippen molar-refractivity contribution in [1.82, 2.24) is 0 Å². The lowest BCUT2D eigenvalue weighted by Crippen LogP contribution is -2.01. The molecule has 4 heteroatoms. The van der Waals surface area contributed by atoms with E-state index in [2.05, 4.69) is 5.32 Å². The molecule has 1 aromatic heterocycles. The minimum absolute atomic E-state index is 0.304. The molecule has 2 rings (SSSR count). The maximum absolute atomic E-state index is 13.4. The maximum Gasteiger partial charge on any atom is 0.147 e. The molecular formula is C12H11ClFNO. The van der Waals surface area contributed by atoms with Crippen LogP contribution >= 0.6 is 11.6 Å². The van der Waals surface area contributed by atoms with Crippen LogP contribution in [0.3, 0.4) is 0 Å². The molecule has 2 nitrogen and oxygen atoms in total. The van der Waals surface area contributed by atoms with Gasteiger partial charge in [-0.3, -0.25) is 0 Å². The summed E-state index contributed by atoms with van der Waals surface area (Å²) in [6.45, 7) is 2.27. The van der Waals surface area contributed by atoms with Crippen LogP contribution in [-0.2, 0) is 6.54 Å². The number of halogens is 2. The molecule has 0 amide bonds. The van der Waals surface area contributed by atoms with Crippen molar-refractivity contribution < 1.29 is 8.81 Å². The minimum atomic E-state index is -0.365. The Morgan fingerprint density at radius 2 is 2.12 bits per heavy atom. The molecule has 0 fully saturated rings. The Bertz CT molecular complexity index is 475. The molecule has 1 aromatic carbocycles. The van der Waals surface area contributed by atoms with Gasteiger partial charge in [-0.15, -0.1) is 0 Å². The zero-order valence-corrected chi connectivity index (χ0v) is 9.51. The van der Waals surface area contributed by atoms with Crippen LogP contribution in [0.5, 0.6) is 0 Å². The number of hydrogen-bond acceptors (Lipinski definition) is 2. The molecule has 0 aliphatic heterocycles. The zero-order chi connectivity index (χ0) is 11.5.